The quantitative estimate of drug-likeness (QED) is 0.909. The molecule has 7 nitrogen and oxygen atoms in total. The molecule has 0 radical (unpaired) electrons. The lowest BCUT2D eigenvalue weighted by molar-refractivity contribution is -0.122. The van der Waals surface area contributed by atoms with Gasteiger partial charge in [0.1, 0.15) is 0 Å². The zero-order chi connectivity index (χ0) is 17.2. The molecule has 2 aliphatic heterocycles. The van der Waals surface area contributed by atoms with E-state index in [1.165, 1.54) is 0 Å². The van der Waals surface area contributed by atoms with Gasteiger partial charge in [-0.25, -0.2) is 14.4 Å². The predicted octanol–water partition coefficient (Wildman–Crippen LogP) is 1.49. The summed E-state index contributed by atoms with van der Waals surface area (Å²) in [5.74, 6) is -0.236. The zero-order valence-electron chi connectivity index (χ0n) is 13.5. The average Bonchev–Trinajstić information content (AvgIpc) is 3.11. The third kappa shape index (κ3) is 3.30. The first-order valence-electron chi connectivity index (χ1n) is 8.26. The van der Waals surface area contributed by atoms with Crippen molar-refractivity contribution in [1.82, 2.24) is 15.0 Å². The molecular formula is C17H18FN5O2. The van der Waals surface area contributed by atoms with Crippen LogP contribution in [-0.2, 0) is 9.53 Å². The molecule has 1 N–H and O–H groups in total. The van der Waals surface area contributed by atoms with Crippen LogP contribution >= 0.6 is 0 Å². The Morgan fingerprint density at radius 2 is 2.12 bits per heavy atom. The monoisotopic (exact) mass is 343 g/mol. The lowest BCUT2D eigenvalue weighted by Gasteiger charge is -2.39. The van der Waals surface area contributed by atoms with Gasteiger partial charge in [0.15, 0.2) is 5.82 Å². The van der Waals surface area contributed by atoms with Crippen molar-refractivity contribution in [3.8, 4) is 0 Å². The molecule has 1 amide bonds. The lowest BCUT2D eigenvalue weighted by atomic mass is 9.82. The van der Waals surface area contributed by atoms with Crippen molar-refractivity contribution in [2.45, 2.75) is 12.5 Å². The topological polar surface area (TPSA) is 80.2 Å². The van der Waals surface area contributed by atoms with E-state index in [-0.39, 0.29) is 23.8 Å². The molecule has 4 heterocycles. The van der Waals surface area contributed by atoms with Crippen LogP contribution in [0.5, 0.6) is 0 Å². The Balaban J connectivity index is 1.54. The van der Waals surface area contributed by atoms with E-state index >= 15 is 0 Å². The van der Waals surface area contributed by atoms with Crippen LogP contribution in [0.3, 0.4) is 0 Å². The molecule has 3 atom stereocenters. The molecule has 0 unspecified atom stereocenters. The van der Waals surface area contributed by atoms with Crippen LogP contribution < -0.4 is 10.2 Å². The fourth-order valence-corrected chi connectivity index (χ4v) is 3.56. The number of aromatic nitrogens is 3. The number of carbonyl (C=O) groups is 1. The van der Waals surface area contributed by atoms with Gasteiger partial charge in [0.05, 0.1) is 36.3 Å². The first-order valence-corrected chi connectivity index (χ1v) is 8.26. The average molecular weight is 343 g/mol. The SMILES string of the molecule is O=C(Nc1cccnc1)[C@H]1CN(c2ncc(F)cn2)C[C@H]2OCC[C@@H]12. The Hall–Kier alpha value is -2.61. The standard InChI is InChI=1S/C17H18FN5O2/c18-11-6-20-17(21-7-11)23-9-14(13-3-5-25-15(13)10-23)16(24)22-12-2-1-4-19-8-12/h1-2,4,6-8,13-15H,3,5,9-10H2,(H,22,24)/t13-,14-,15+/m0/s1. The molecule has 130 valence electrons. The van der Waals surface area contributed by atoms with E-state index in [1.54, 1.807) is 24.5 Å². The van der Waals surface area contributed by atoms with Crippen LogP contribution in [0.4, 0.5) is 16.0 Å². The second-order valence-electron chi connectivity index (χ2n) is 6.31. The van der Waals surface area contributed by atoms with Gasteiger partial charge in [-0.2, -0.15) is 0 Å². The Morgan fingerprint density at radius 3 is 2.88 bits per heavy atom. The molecule has 8 heteroatoms. The molecule has 0 spiro atoms. The maximum absolute atomic E-state index is 13.1. The van der Waals surface area contributed by atoms with Gasteiger partial charge >= 0.3 is 0 Å². The van der Waals surface area contributed by atoms with Gasteiger partial charge in [-0.3, -0.25) is 9.78 Å². The largest absolute Gasteiger partial charge is 0.376 e. The predicted molar refractivity (Wildman–Crippen MR) is 88.4 cm³/mol. The van der Waals surface area contributed by atoms with Gasteiger partial charge in [0, 0.05) is 31.8 Å². The van der Waals surface area contributed by atoms with Crippen LogP contribution in [-0.4, -0.2) is 46.7 Å². The first-order chi connectivity index (χ1) is 12.2. The summed E-state index contributed by atoms with van der Waals surface area (Å²) in [6.45, 7) is 1.72. The minimum atomic E-state index is -0.485. The summed E-state index contributed by atoms with van der Waals surface area (Å²) in [7, 11) is 0. The number of nitrogens with one attached hydrogen (secondary N) is 1. The fraction of sp³-hybridized carbons (Fsp3) is 0.412. The number of carbonyl (C=O) groups excluding carboxylic acids is 1. The Kier molecular flexibility index (Phi) is 4.27. The van der Waals surface area contributed by atoms with E-state index in [4.69, 9.17) is 4.74 Å². The van der Waals surface area contributed by atoms with Crippen molar-refractivity contribution in [2.24, 2.45) is 11.8 Å². The molecule has 4 rings (SSSR count). The summed E-state index contributed by atoms with van der Waals surface area (Å²) >= 11 is 0. The highest BCUT2D eigenvalue weighted by Gasteiger charge is 2.44. The Bertz CT molecular complexity index is 742. The number of fused-ring (bicyclic) bond motifs is 1. The highest BCUT2D eigenvalue weighted by molar-refractivity contribution is 5.93. The van der Waals surface area contributed by atoms with E-state index in [0.717, 1.165) is 18.8 Å². The first kappa shape index (κ1) is 15.9. The molecular weight excluding hydrogens is 325 g/mol. The van der Waals surface area contributed by atoms with Crippen molar-refractivity contribution in [3.63, 3.8) is 0 Å². The van der Waals surface area contributed by atoms with Crippen molar-refractivity contribution in [2.75, 3.05) is 29.9 Å². The van der Waals surface area contributed by atoms with Gasteiger partial charge in [-0.05, 0) is 18.6 Å². The minimum absolute atomic E-state index is 0.0490. The van der Waals surface area contributed by atoms with E-state index in [1.807, 2.05) is 4.90 Å². The second-order valence-corrected chi connectivity index (χ2v) is 6.31. The van der Waals surface area contributed by atoms with Gasteiger partial charge in [0.25, 0.3) is 0 Å². The van der Waals surface area contributed by atoms with Crippen molar-refractivity contribution in [3.05, 3.63) is 42.7 Å². The Morgan fingerprint density at radius 1 is 1.28 bits per heavy atom. The molecule has 2 aliphatic rings. The molecule has 2 aromatic rings. The van der Waals surface area contributed by atoms with Crippen molar-refractivity contribution >= 4 is 17.5 Å². The summed E-state index contributed by atoms with van der Waals surface area (Å²) in [4.78, 5) is 26.8. The van der Waals surface area contributed by atoms with Crippen LogP contribution in [0.25, 0.3) is 0 Å². The summed E-state index contributed by atoms with van der Waals surface area (Å²) in [6, 6.07) is 3.58. The second kappa shape index (κ2) is 6.72. The summed E-state index contributed by atoms with van der Waals surface area (Å²) < 4.78 is 18.9. The number of pyridine rings is 1. The number of amides is 1. The number of anilines is 2. The number of ether oxygens (including phenoxy) is 1. The molecule has 0 aliphatic carbocycles. The summed E-state index contributed by atoms with van der Waals surface area (Å²) in [5.41, 5.74) is 0.665. The van der Waals surface area contributed by atoms with Crippen molar-refractivity contribution < 1.29 is 13.9 Å². The third-order valence-electron chi connectivity index (χ3n) is 4.75. The van der Waals surface area contributed by atoms with E-state index < -0.39 is 5.82 Å². The summed E-state index contributed by atoms with van der Waals surface area (Å²) in [5, 5.41) is 2.92. The number of nitrogens with zero attached hydrogens (tertiary/aromatic N) is 4. The van der Waals surface area contributed by atoms with E-state index in [9.17, 15) is 9.18 Å². The van der Waals surface area contributed by atoms with Crippen LogP contribution in [0.15, 0.2) is 36.9 Å². The molecule has 0 aromatic carbocycles. The number of hydrogen-bond acceptors (Lipinski definition) is 6. The molecule has 0 bridgehead atoms. The number of rotatable bonds is 3. The highest BCUT2D eigenvalue weighted by atomic mass is 19.1. The molecule has 0 saturated carbocycles. The third-order valence-corrected chi connectivity index (χ3v) is 4.75. The van der Waals surface area contributed by atoms with E-state index in [0.29, 0.717) is 31.3 Å². The van der Waals surface area contributed by atoms with Gasteiger partial charge in [-0.15, -0.1) is 0 Å². The van der Waals surface area contributed by atoms with Gasteiger partial charge in [-0.1, -0.05) is 0 Å². The number of piperidine rings is 1. The normalized spacial score (nSPS) is 25.5. The highest BCUT2D eigenvalue weighted by Crippen LogP contribution is 2.35. The van der Waals surface area contributed by atoms with Crippen LogP contribution in [0, 0.1) is 17.7 Å². The molecule has 2 aromatic heterocycles. The maximum atomic E-state index is 13.1. The maximum Gasteiger partial charge on any atom is 0.229 e. The van der Waals surface area contributed by atoms with Gasteiger partial charge in [0.2, 0.25) is 11.9 Å². The lowest BCUT2D eigenvalue weighted by Crippen LogP contribution is -2.52. The molecule has 2 fully saturated rings. The smallest absolute Gasteiger partial charge is 0.229 e. The number of hydrogen-bond donors (Lipinski definition) is 1. The van der Waals surface area contributed by atoms with Crippen LogP contribution in [0.2, 0.25) is 0 Å². The zero-order valence-corrected chi connectivity index (χ0v) is 13.5. The fourth-order valence-electron chi connectivity index (χ4n) is 3.56. The molecule has 2 saturated heterocycles. The van der Waals surface area contributed by atoms with Gasteiger partial charge < -0.3 is 15.0 Å². The number of halogens is 1. The van der Waals surface area contributed by atoms with Crippen molar-refractivity contribution in [1.29, 1.82) is 0 Å². The summed E-state index contributed by atoms with van der Waals surface area (Å²) in [6.07, 6.45) is 6.35. The van der Waals surface area contributed by atoms with E-state index in [2.05, 4.69) is 20.3 Å². The minimum Gasteiger partial charge on any atom is -0.376 e. The molecule has 25 heavy (non-hydrogen) atoms. The van der Waals surface area contributed by atoms with Crippen LogP contribution in [0.1, 0.15) is 6.42 Å². The Labute approximate surface area is 144 Å².